The highest BCUT2D eigenvalue weighted by Crippen LogP contribution is 2.26. The molecule has 1 aliphatic heterocycles. The molecule has 0 radical (unpaired) electrons. The fourth-order valence-electron chi connectivity index (χ4n) is 4.50. The van der Waals surface area contributed by atoms with E-state index >= 15 is 0 Å². The van der Waals surface area contributed by atoms with E-state index in [9.17, 15) is 14.4 Å². The number of carbonyl (C=O) groups is 3. The maximum Gasteiger partial charge on any atom is 0.289 e. The van der Waals surface area contributed by atoms with Gasteiger partial charge in [-0.05, 0) is 44.2 Å². The molecule has 0 aliphatic carbocycles. The van der Waals surface area contributed by atoms with Gasteiger partial charge in [0.05, 0.1) is 6.04 Å². The molecule has 1 saturated heterocycles. The van der Waals surface area contributed by atoms with E-state index in [-0.39, 0.29) is 23.8 Å². The van der Waals surface area contributed by atoms with Gasteiger partial charge in [-0.1, -0.05) is 51.1 Å². The molecule has 1 fully saturated rings. The lowest BCUT2D eigenvalue weighted by molar-refractivity contribution is -0.140. The molecule has 36 heavy (non-hydrogen) atoms. The largest absolute Gasteiger partial charge is 0.342 e. The van der Waals surface area contributed by atoms with Crippen molar-refractivity contribution in [1.82, 2.24) is 30.4 Å². The number of carbonyl (C=O) groups excluding carboxylic acids is 3. The number of imidazole rings is 1. The van der Waals surface area contributed by atoms with Crippen LogP contribution in [-0.2, 0) is 16.0 Å². The summed E-state index contributed by atoms with van der Waals surface area (Å²) in [5.41, 5.74) is 0.674. The molecule has 3 unspecified atom stereocenters. The van der Waals surface area contributed by atoms with Gasteiger partial charge in [0.2, 0.25) is 11.8 Å². The number of likely N-dealkylation sites (tertiary alicyclic amines) is 1. The topological polar surface area (TPSA) is 110 Å². The Kier molecular flexibility index (Phi) is 9.25. The molecule has 0 spiro atoms. The summed E-state index contributed by atoms with van der Waals surface area (Å²) in [6, 6.07) is 8.83. The van der Waals surface area contributed by atoms with Gasteiger partial charge < -0.3 is 25.4 Å². The minimum absolute atomic E-state index is 0.102. The third kappa shape index (κ3) is 6.94. The van der Waals surface area contributed by atoms with Crippen molar-refractivity contribution in [2.75, 3.05) is 26.7 Å². The third-order valence-electron chi connectivity index (χ3n) is 6.82. The molecule has 3 amide bonds. The molecule has 9 heteroatoms. The number of nitrogens with zero attached hydrogens (tertiary/aromatic N) is 3. The van der Waals surface area contributed by atoms with Crippen molar-refractivity contribution in [1.29, 1.82) is 0 Å². The summed E-state index contributed by atoms with van der Waals surface area (Å²) in [6.45, 7) is 9.17. The maximum absolute atomic E-state index is 13.8. The molecule has 1 aromatic heterocycles. The van der Waals surface area contributed by atoms with Crippen molar-refractivity contribution >= 4 is 17.7 Å². The van der Waals surface area contributed by atoms with Gasteiger partial charge in [-0.3, -0.25) is 14.4 Å². The van der Waals surface area contributed by atoms with Crippen molar-refractivity contribution < 1.29 is 14.4 Å². The normalized spacial score (nSPS) is 17.5. The number of aromatic amines is 1. The van der Waals surface area contributed by atoms with Gasteiger partial charge in [-0.25, -0.2) is 4.98 Å². The minimum Gasteiger partial charge on any atom is -0.342 e. The van der Waals surface area contributed by atoms with E-state index in [4.69, 9.17) is 0 Å². The van der Waals surface area contributed by atoms with Gasteiger partial charge >= 0.3 is 0 Å². The van der Waals surface area contributed by atoms with E-state index < -0.39 is 17.5 Å². The monoisotopic (exact) mass is 496 g/mol. The van der Waals surface area contributed by atoms with Gasteiger partial charge in [0, 0.05) is 38.1 Å². The number of nitrogens with one attached hydrogen (secondary N) is 3. The molecule has 3 N–H and O–H groups in total. The highest BCUT2D eigenvalue weighted by atomic mass is 16.2. The second kappa shape index (κ2) is 12.2. The zero-order chi connectivity index (χ0) is 26.3. The molecule has 2 heterocycles. The van der Waals surface area contributed by atoms with Crippen LogP contribution in [0.4, 0.5) is 0 Å². The molecular formula is C27H40N6O3. The average molecular weight is 497 g/mol. The van der Waals surface area contributed by atoms with Gasteiger partial charge in [-0.2, -0.15) is 0 Å². The lowest BCUT2D eigenvalue weighted by atomic mass is 9.85. The Morgan fingerprint density at radius 3 is 2.56 bits per heavy atom. The Balaban J connectivity index is 1.78. The van der Waals surface area contributed by atoms with E-state index in [0.717, 1.165) is 18.4 Å². The number of hydrogen-bond acceptors (Lipinski definition) is 5. The summed E-state index contributed by atoms with van der Waals surface area (Å²) in [7, 11) is 1.72. The van der Waals surface area contributed by atoms with Crippen LogP contribution < -0.4 is 10.6 Å². The third-order valence-corrected chi connectivity index (χ3v) is 6.82. The Bertz CT molecular complexity index is 1000. The highest BCUT2D eigenvalue weighted by molar-refractivity contribution is 5.91. The number of amides is 3. The van der Waals surface area contributed by atoms with Crippen LogP contribution in [0.5, 0.6) is 0 Å². The number of rotatable bonds is 10. The molecular weight excluding hydrogens is 456 g/mol. The van der Waals surface area contributed by atoms with Crippen molar-refractivity contribution in [2.24, 2.45) is 5.41 Å². The molecule has 3 atom stereocenters. The van der Waals surface area contributed by atoms with Crippen LogP contribution in [0.2, 0.25) is 0 Å². The van der Waals surface area contributed by atoms with Crippen LogP contribution in [0, 0.1) is 5.41 Å². The Morgan fingerprint density at radius 1 is 1.22 bits per heavy atom. The lowest BCUT2D eigenvalue weighted by Gasteiger charge is -2.37. The summed E-state index contributed by atoms with van der Waals surface area (Å²) in [6.07, 6.45) is 5.57. The van der Waals surface area contributed by atoms with Crippen LogP contribution in [0.3, 0.4) is 0 Å². The second-order valence-electron chi connectivity index (χ2n) is 10.6. The number of aromatic nitrogens is 2. The number of hydrogen-bond donors (Lipinski definition) is 3. The predicted octanol–water partition coefficient (Wildman–Crippen LogP) is 2.22. The van der Waals surface area contributed by atoms with Gasteiger partial charge in [0.25, 0.3) is 5.91 Å². The Morgan fingerprint density at radius 2 is 1.94 bits per heavy atom. The summed E-state index contributed by atoms with van der Waals surface area (Å²) in [5.74, 6) is -0.201. The van der Waals surface area contributed by atoms with Crippen molar-refractivity contribution in [3.8, 4) is 0 Å². The fraction of sp³-hybridized carbons (Fsp3) is 0.556. The second-order valence-corrected chi connectivity index (χ2v) is 10.6. The molecule has 196 valence electrons. The standard InChI is InChI=1S/C27H40N6O3/c1-19(28-5)24(34)31-22(27(2,3)4)25(35)33-16-9-12-21(33)18-32(26(36)23-29-14-15-30-23)17-13-20-10-7-6-8-11-20/h6-8,10-11,14-15,19,21-22,28H,9,12-13,16-18H2,1-5H3,(H,29,30)(H,31,34). The molecule has 1 aliphatic rings. The first-order valence-corrected chi connectivity index (χ1v) is 12.7. The van der Waals surface area contributed by atoms with Crippen molar-refractivity contribution in [3.63, 3.8) is 0 Å². The van der Waals surface area contributed by atoms with Crippen LogP contribution in [0.25, 0.3) is 0 Å². The molecule has 0 saturated carbocycles. The molecule has 3 rings (SSSR count). The van der Waals surface area contributed by atoms with Gasteiger partial charge in [-0.15, -0.1) is 0 Å². The van der Waals surface area contributed by atoms with E-state index in [1.807, 2.05) is 56.0 Å². The number of benzene rings is 1. The Labute approximate surface area is 214 Å². The average Bonchev–Trinajstić information content (AvgIpc) is 3.56. The highest BCUT2D eigenvalue weighted by Gasteiger charge is 2.40. The molecule has 9 nitrogen and oxygen atoms in total. The summed E-state index contributed by atoms with van der Waals surface area (Å²) in [4.78, 5) is 50.4. The minimum atomic E-state index is -0.667. The van der Waals surface area contributed by atoms with Gasteiger partial charge in [0.1, 0.15) is 6.04 Å². The maximum atomic E-state index is 13.8. The zero-order valence-electron chi connectivity index (χ0n) is 22.1. The van der Waals surface area contributed by atoms with Crippen LogP contribution >= 0.6 is 0 Å². The fourth-order valence-corrected chi connectivity index (χ4v) is 4.50. The lowest BCUT2D eigenvalue weighted by Crippen LogP contribution is -2.59. The summed E-state index contributed by atoms with van der Waals surface area (Å²) >= 11 is 0. The van der Waals surface area contributed by atoms with Crippen molar-refractivity contribution in [2.45, 2.75) is 65.1 Å². The van der Waals surface area contributed by atoms with Crippen LogP contribution in [0.1, 0.15) is 56.7 Å². The number of likely N-dealkylation sites (N-methyl/N-ethyl adjacent to an activating group) is 1. The molecule has 0 bridgehead atoms. The first-order chi connectivity index (χ1) is 17.1. The molecule has 1 aromatic carbocycles. The SMILES string of the molecule is CNC(C)C(=O)NC(C(=O)N1CCCC1CN(CCc1ccccc1)C(=O)c1ncc[nH]1)C(C)(C)C. The smallest absolute Gasteiger partial charge is 0.289 e. The first-order valence-electron chi connectivity index (χ1n) is 12.7. The van der Waals surface area contributed by atoms with E-state index in [1.54, 1.807) is 31.3 Å². The van der Waals surface area contributed by atoms with Gasteiger partial charge in [0.15, 0.2) is 5.82 Å². The number of H-pyrrole nitrogens is 1. The molecule has 2 aromatic rings. The first kappa shape index (κ1) is 27.4. The van der Waals surface area contributed by atoms with Crippen LogP contribution in [0.15, 0.2) is 42.7 Å². The van der Waals surface area contributed by atoms with E-state index in [0.29, 0.717) is 31.9 Å². The summed E-state index contributed by atoms with van der Waals surface area (Å²) in [5, 5.41) is 5.89. The Hall–Kier alpha value is -3.20. The quantitative estimate of drug-likeness (QED) is 0.467. The summed E-state index contributed by atoms with van der Waals surface area (Å²) < 4.78 is 0. The van der Waals surface area contributed by atoms with Crippen LogP contribution in [-0.4, -0.2) is 82.3 Å². The van der Waals surface area contributed by atoms with Crippen molar-refractivity contribution in [3.05, 3.63) is 54.1 Å². The van der Waals surface area contributed by atoms with E-state index in [1.165, 1.54) is 0 Å². The van der Waals surface area contributed by atoms with E-state index in [2.05, 4.69) is 20.6 Å². The zero-order valence-corrected chi connectivity index (χ0v) is 22.1. The predicted molar refractivity (Wildman–Crippen MR) is 139 cm³/mol.